The molecule has 0 aliphatic carbocycles. The molecule has 6 heteroatoms. The van der Waals surface area contributed by atoms with E-state index < -0.39 is 0 Å². The number of carbonyl (C=O) groups is 1. The lowest BCUT2D eigenvalue weighted by atomic mass is 9.72. The lowest BCUT2D eigenvalue weighted by Gasteiger charge is -2.36. The summed E-state index contributed by atoms with van der Waals surface area (Å²) in [5.41, 5.74) is 5.07. The van der Waals surface area contributed by atoms with Crippen LogP contribution in [0.3, 0.4) is 0 Å². The predicted molar refractivity (Wildman–Crippen MR) is 122 cm³/mol. The molecule has 2 aliphatic heterocycles. The van der Waals surface area contributed by atoms with Crippen molar-refractivity contribution in [3.05, 3.63) is 70.6 Å². The first-order valence-corrected chi connectivity index (χ1v) is 11.3. The summed E-state index contributed by atoms with van der Waals surface area (Å²) in [5.74, 6) is 1.23. The van der Waals surface area contributed by atoms with E-state index in [-0.39, 0.29) is 17.2 Å². The fraction of sp³-hybridized carbons (Fsp3) is 0.423. The van der Waals surface area contributed by atoms with Crippen molar-refractivity contribution in [2.45, 2.75) is 39.5 Å². The minimum atomic E-state index is -0.0925. The van der Waals surface area contributed by atoms with E-state index >= 15 is 0 Å². The Hall–Kier alpha value is -2.99. The lowest BCUT2D eigenvalue weighted by molar-refractivity contribution is 0.00908. The highest BCUT2D eigenvalue weighted by atomic mass is 16.5. The van der Waals surface area contributed by atoms with Gasteiger partial charge in [0.05, 0.1) is 5.92 Å². The Morgan fingerprint density at radius 2 is 1.75 bits per heavy atom. The number of benzene rings is 2. The van der Waals surface area contributed by atoms with E-state index in [1.165, 1.54) is 11.1 Å². The van der Waals surface area contributed by atoms with E-state index in [9.17, 15) is 4.79 Å². The van der Waals surface area contributed by atoms with Crippen LogP contribution in [0.25, 0.3) is 11.5 Å². The van der Waals surface area contributed by atoms with Gasteiger partial charge < -0.3 is 14.1 Å². The normalized spacial score (nSPS) is 20.1. The van der Waals surface area contributed by atoms with Gasteiger partial charge in [-0.05, 0) is 69.0 Å². The van der Waals surface area contributed by atoms with Gasteiger partial charge in [0.25, 0.3) is 5.91 Å². The van der Waals surface area contributed by atoms with Crippen molar-refractivity contribution in [1.29, 1.82) is 0 Å². The molecule has 1 amide bonds. The molecule has 2 aromatic carbocycles. The first-order valence-electron chi connectivity index (χ1n) is 11.3. The van der Waals surface area contributed by atoms with Crippen LogP contribution in [-0.4, -0.2) is 47.3 Å². The van der Waals surface area contributed by atoms with E-state index in [0.717, 1.165) is 29.5 Å². The van der Waals surface area contributed by atoms with Gasteiger partial charge in [-0.15, -0.1) is 10.2 Å². The molecule has 0 saturated carbocycles. The fourth-order valence-corrected chi connectivity index (χ4v) is 4.99. The molecular weight excluding hydrogens is 402 g/mol. The molecule has 0 radical (unpaired) electrons. The number of aryl methyl sites for hydroxylation is 3. The molecular formula is C26H29N3O3. The zero-order valence-corrected chi connectivity index (χ0v) is 18.9. The van der Waals surface area contributed by atoms with E-state index in [0.29, 0.717) is 38.1 Å². The Morgan fingerprint density at radius 3 is 2.47 bits per heavy atom. The van der Waals surface area contributed by atoms with Crippen LogP contribution in [0.1, 0.15) is 51.7 Å². The lowest BCUT2D eigenvalue weighted by Crippen LogP contribution is -2.37. The molecule has 166 valence electrons. The Morgan fingerprint density at radius 1 is 1.00 bits per heavy atom. The maximum absolute atomic E-state index is 13.4. The SMILES string of the molecule is Cc1ccc(-c2nnc(C3CN(C(=O)c4ccc(C)c(C)c4)CC34CCOCC4)o2)cc1. The van der Waals surface area contributed by atoms with Crippen molar-refractivity contribution in [1.82, 2.24) is 15.1 Å². The molecule has 3 aromatic rings. The van der Waals surface area contributed by atoms with Crippen molar-refractivity contribution in [3.63, 3.8) is 0 Å². The van der Waals surface area contributed by atoms with Gasteiger partial charge in [-0.25, -0.2) is 0 Å². The van der Waals surface area contributed by atoms with E-state index in [1.54, 1.807) is 0 Å². The van der Waals surface area contributed by atoms with Crippen molar-refractivity contribution >= 4 is 5.91 Å². The second-order valence-electron chi connectivity index (χ2n) is 9.32. The van der Waals surface area contributed by atoms with Crippen LogP contribution in [0, 0.1) is 26.2 Å². The van der Waals surface area contributed by atoms with Gasteiger partial charge in [-0.2, -0.15) is 0 Å². The Kier molecular flexibility index (Phi) is 5.33. The summed E-state index contributed by atoms with van der Waals surface area (Å²) in [6.07, 6.45) is 1.77. The molecule has 5 rings (SSSR count). The minimum Gasteiger partial charge on any atom is -0.420 e. The number of hydrogen-bond acceptors (Lipinski definition) is 5. The smallest absolute Gasteiger partial charge is 0.253 e. The van der Waals surface area contributed by atoms with Crippen molar-refractivity contribution < 1.29 is 13.9 Å². The second kappa shape index (κ2) is 8.17. The van der Waals surface area contributed by atoms with Gasteiger partial charge in [0.15, 0.2) is 0 Å². The number of aromatic nitrogens is 2. The maximum Gasteiger partial charge on any atom is 0.253 e. The Labute approximate surface area is 188 Å². The zero-order chi connectivity index (χ0) is 22.3. The number of amides is 1. The van der Waals surface area contributed by atoms with Crippen LogP contribution in [0.5, 0.6) is 0 Å². The number of nitrogens with zero attached hydrogens (tertiary/aromatic N) is 3. The quantitative estimate of drug-likeness (QED) is 0.601. The first-order chi connectivity index (χ1) is 15.4. The molecule has 2 aliphatic rings. The minimum absolute atomic E-state index is 0.00796. The number of rotatable bonds is 3. The molecule has 0 N–H and O–H groups in total. The van der Waals surface area contributed by atoms with Crippen LogP contribution in [-0.2, 0) is 4.74 Å². The molecule has 2 saturated heterocycles. The summed E-state index contributed by atoms with van der Waals surface area (Å²) in [7, 11) is 0. The van der Waals surface area contributed by atoms with Crippen LogP contribution in [0.15, 0.2) is 46.9 Å². The summed E-state index contributed by atoms with van der Waals surface area (Å²) >= 11 is 0. The predicted octanol–water partition coefficient (Wildman–Crippen LogP) is 4.70. The number of ether oxygens (including phenoxy) is 1. The number of likely N-dealkylation sites (tertiary alicyclic amines) is 1. The van der Waals surface area contributed by atoms with Gasteiger partial charge in [0, 0.05) is 42.8 Å². The van der Waals surface area contributed by atoms with Crippen LogP contribution >= 0.6 is 0 Å². The van der Waals surface area contributed by atoms with Gasteiger partial charge >= 0.3 is 0 Å². The highest BCUT2D eigenvalue weighted by Gasteiger charge is 2.51. The molecule has 2 fully saturated rings. The summed E-state index contributed by atoms with van der Waals surface area (Å²) in [4.78, 5) is 15.4. The van der Waals surface area contributed by atoms with Gasteiger partial charge in [-0.3, -0.25) is 4.79 Å². The van der Waals surface area contributed by atoms with Crippen molar-refractivity contribution in [3.8, 4) is 11.5 Å². The first kappa shape index (κ1) is 20.9. The Balaban J connectivity index is 1.45. The number of hydrogen-bond donors (Lipinski definition) is 0. The third-order valence-corrected chi connectivity index (χ3v) is 7.21. The zero-order valence-electron chi connectivity index (χ0n) is 18.9. The third kappa shape index (κ3) is 3.73. The summed E-state index contributed by atoms with van der Waals surface area (Å²) in [6, 6.07) is 14.0. The topological polar surface area (TPSA) is 68.5 Å². The third-order valence-electron chi connectivity index (χ3n) is 7.21. The highest BCUT2D eigenvalue weighted by Crippen LogP contribution is 2.49. The largest absolute Gasteiger partial charge is 0.420 e. The molecule has 1 aromatic heterocycles. The average molecular weight is 432 g/mol. The Bertz CT molecular complexity index is 1130. The van der Waals surface area contributed by atoms with E-state index in [1.807, 2.05) is 54.3 Å². The molecule has 6 nitrogen and oxygen atoms in total. The van der Waals surface area contributed by atoms with Crippen LogP contribution in [0.4, 0.5) is 0 Å². The monoisotopic (exact) mass is 431 g/mol. The summed E-state index contributed by atoms with van der Waals surface area (Å²) < 4.78 is 11.9. The van der Waals surface area contributed by atoms with Crippen LogP contribution < -0.4 is 0 Å². The van der Waals surface area contributed by atoms with Crippen LogP contribution in [0.2, 0.25) is 0 Å². The molecule has 1 unspecified atom stereocenters. The maximum atomic E-state index is 13.4. The second-order valence-corrected chi connectivity index (χ2v) is 9.32. The molecule has 1 spiro atoms. The molecule has 1 atom stereocenters. The molecule has 32 heavy (non-hydrogen) atoms. The highest BCUT2D eigenvalue weighted by molar-refractivity contribution is 5.94. The van der Waals surface area contributed by atoms with E-state index in [4.69, 9.17) is 9.15 Å². The van der Waals surface area contributed by atoms with Gasteiger partial charge in [-0.1, -0.05) is 23.8 Å². The van der Waals surface area contributed by atoms with Gasteiger partial charge in [0.1, 0.15) is 0 Å². The van der Waals surface area contributed by atoms with Crippen molar-refractivity contribution in [2.24, 2.45) is 5.41 Å². The standard InChI is InChI=1S/C26H29N3O3/c1-17-4-7-20(8-5-17)23-27-28-24(32-23)22-15-29(16-26(22)10-12-31-13-11-26)25(30)21-9-6-18(2)19(3)14-21/h4-9,14,22H,10-13,15-16H2,1-3H3. The van der Waals surface area contributed by atoms with E-state index in [2.05, 4.69) is 24.0 Å². The molecule has 0 bridgehead atoms. The van der Waals surface area contributed by atoms with Crippen molar-refractivity contribution in [2.75, 3.05) is 26.3 Å². The summed E-state index contributed by atoms with van der Waals surface area (Å²) in [5, 5.41) is 8.78. The number of carbonyl (C=O) groups excluding carboxylic acids is 1. The average Bonchev–Trinajstić information content (AvgIpc) is 3.42. The molecule has 3 heterocycles. The fourth-order valence-electron chi connectivity index (χ4n) is 4.99. The van der Waals surface area contributed by atoms with Gasteiger partial charge in [0.2, 0.25) is 11.8 Å². The summed E-state index contributed by atoms with van der Waals surface area (Å²) in [6.45, 7) is 8.83.